The van der Waals surface area contributed by atoms with Crippen LogP contribution in [0.25, 0.3) is 10.8 Å². The highest BCUT2D eigenvalue weighted by atomic mass is 19.1. The van der Waals surface area contributed by atoms with Crippen molar-refractivity contribution in [1.82, 2.24) is 5.43 Å². The molecule has 1 fully saturated rings. The van der Waals surface area contributed by atoms with Crippen molar-refractivity contribution in [2.24, 2.45) is 5.10 Å². The van der Waals surface area contributed by atoms with Crippen LogP contribution in [0, 0.1) is 5.82 Å². The lowest BCUT2D eigenvalue weighted by Gasteiger charge is -2.18. The Morgan fingerprint density at radius 3 is 2.63 bits per heavy atom. The Morgan fingerprint density at radius 1 is 1.04 bits per heavy atom. The fourth-order valence-corrected chi connectivity index (χ4v) is 3.47. The number of rotatable bonds is 4. The Hall–Kier alpha value is -3.21. The van der Waals surface area contributed by atoms with Crippen LogP contribution >= 0.6 is 0 Å². The van der Waals surface area contributed by atoms with Gasteiger partial charge in [-0.1, -0.05) is 42.5 Å². The lowest BCUT2D eigenvalue weighted by Crippen LogP contribution is -2.19. The molecule has 1 amide bonds. The SMILES string of the molecule is O=C(N/N=C\c1ccc(N2CCCC2)c(F)c1)c1cccc2ccccc12. The van der Waals surface area contributed by atoms with Crippen molar-refractivity contribution in [2.75, 3.05) is 18.0 Å². The first-order chi connectivity index (χ1) is 13.2. The van der Waals surface area contributed by atoms with Gasteiger partial charge in [-0.15, -0.1) is 0 Å². The quantitative estimate of drug-likeness (QED) is 0.555. The lowest BCUT2D eigenvalue weighted by atomic mass is 10.0. The van der Waals surface area contributed by atoms with Gasteiger partial charge in [0.05, 0.1) is 11.9 Å². The zero-order chi connectivity index (χ0) is 18.6. The van der Waals surface area contributed by atoms with E-state index in [1.54, 1.807) is 12.1 Å². The summed E-state index contributed by atoms with van der Waals surface area (Å²) in [5.74, 6) is -0.557. The molecule has 5 heteroatoms. The summed E-state index contributed by atoms with van der Waals surface area (Å²) in [4.78, 5) is 14.5. The van der Waals surface area contributed by atoms with E-state index in [0.717, 1.165) is 36.7 Å². The average molecular weight is 361 g/mol. The van der Waals surface area contributed by atoms with Crippen molar-refractivity contribution in [3.63, 3.8) is 0 Å². The van der Waals surface area contributed by atoms with E-state index in [-0.39, 0.29) is 11.7 Å². The van der Waals surface area contributed by atoms with E-state index in [4.69, 9.17) is 0 Å². The molecule has 4 nitrogen and oxygen atoms in total. The maximum Gasteiger partial charge on any atom is 0.271 e. The minimum atomic E-state index is -0.294. The number of carbonyl (C=O) groups excluding carboxylic acids is 1. The maximum atomic E-state index is 14.3. The summed E-state index contributed by atoms with van der Waals surface area (Å²) in [5.41, 5.74) is 4.32. The largest absolute Gasteiger partial charge is 0.369 e. The van der Waals surface area contributed by atoms with Crippen molar-refractivity contribution in [2.45, 2.75) is 12.8 Å². The number of benzene rings is 3. The molecule has 0 unspecified atom stereocenters. The van der Waals surface area contributed by atoms with Crippen LogP contribution in [0.5, 0.6) is 0 Å². The molecule has 3 aromatic carbocycles. The van der Waals surface area contributed by atoms with E-state index in [0.29, 0.717) is 16.8 Å². The molecule has 1 N–H and O–H groups in total. The number of nitrogens with zero attached hydrogens (tertiary/aromatic N) is 2. The third-order valence-electron chi connectivity index (χ3n) is 4.83. The summed E-state index contributed by atoms with van der Waals surface area (Å²) in [6.45, 7) is 1.79. The van der Waals surface area contributed by atoms with E-state index in [1.165, 1.54) is 12.3 Å². The van der Waals surface area contributed by atoms with E-state index in [1.807, 2.05) is 42.5 Å². The monoisotopic (exact) mass is 361 g/mol. The number of nitrogens with one attached hydrogen (secondary N) is 1. The third-order valence-corrected chi connectivity index (χ3v) is 4.83. The van der Waals surface area contributed by atoms with Crippen LogP contribution in [0.4, 0.5) is 10.1 Å². The predicted molar refractivity (Wildman–Crippen MR) is 107 cm³/mol. The van der Waals surface area contributed by atoms with Gasteiger partial charge in [-0.25, -0.2) is 9.82 Å². The number of anilines is 1. The van der Waals surface area contributed by atoms with Crippen molar-refractivity contribution < 1.29 is 9.18 Å². The maximum absolute atomic E-state index is 14.3. The third kappa shape index (κ3) is 3.67. The Morgan fingerprint density at radius 2 is 1.81 bits per heavy atom. The zero-order valence-corrected chi connectivity index (χ0v) is 14.9. The Balaban J connectivity index is 1.47. The van der Waals surface area contributed by atoms with Crippen LogP contribution in [0.1, 0.15) is 28.8 Å². The molecule has 1 saturated heterocycles. The van der Waals surface area contributed by atoms with Crippen molar-refractivity contribution in [3.05, 3.63) is 77.6 Å². The minimum Gasteiger partial charge on any atom is -0.369 e. The van der Waals surface area contributed by atoms with Gasteiger partial charge in [0, 0.05) is 18.7 Å². The van der Waals surface area contributed by atoms with Gasteiger partial charge in [-0.2, -0.15) is 5.10 Å². The fourth-order valence-electron chi connectivity index (χ4n) is 3.47. The zero-order valence-electron chi connectivity index (χ0n) is 14.9. The molecule has 0 aromatic heterocycles. The van der Waals surface area contributed by atoms with Gasteiger partial charge in [0.2, 0.25) is 0 Å². The van der Waals surface area contributed by atoms with Gasteiger partial charge >= 0.3 is 0 Å². The van der Waals surface area contributed by atoms with Gasteiger partial charge < -0.3 is 4.90 Å². The van der Waals surface area contributed by atoms with Crippen molar-refractivity contribution >= 4 is 28.6 Å². The average Bonchev–Trinajstić information content (AvgIpc) is 3.22. The molecular formula is C22H20FN3O. The molecule has 1 heterocycles. The summed E-state index contributed by atoms with van der Waals surface area (Å²) in [6, 6.07) is 18.3. The number of hydrazone groups is 1. The molecule has 3 aromatic rings. The fraction of sp³-hybridized carbons (Fsp3) is 0.182. The normalized spacial score (nSPS) is 14.2. The highest BCUT2D eigenvalue weighted by Gasteiger charge is 2.16. The molecule has 0 bridgehead atoms. The highest BCUT2D eigenvalue weighted by molar-refractivity contribution is 6.07. The summed E-state index contributed by atoms with van der Waals surface area (Å²) in [7, 11) is 0. The molecule has 0 saturated carbocycles. The molecule has 136 valence electrons. The van der Waals surface area contributed by atoms with Gasteiger partial charge in [0.15, 0.2) is 0 Å². The Kier molecular flexibility index (Phi) is 4.83. The van der Waals surface area contributed by atoms with Gasteiger partial charge in [0.25, 0.3) is 5.91 Å². The first kappa shape index (κ1) is 17.2. The Labute approximate surface area is 157 Å². The Bertz CT molecular complexity index is 1000. The van der Waals surface area contributed by atoms with Crippen LogP contribution < -0.4 is 10.3 Å². The summed E-state index contributed by atoms with van der Waals surface area (Å²) < 4.78 is 14.3. The predicted octanol–water partition coefficient (Wildman–Crippen LogP) is 4.34. The molecule has 0 spiro atoms. The number of carbonyl (C=O) groups is 1. The van der Waals surface area contributed by atoms with Crippen LogP contribution in [-0.2, 0) is 0 Å². The molecule has 1 aliphatic rings. The van der Waals surface area contributed by atoms with E-state index in [9.17, 15) is 9.18 Å². The second-order valence-corrected chi connectivity index (χ2v) is 6.63. The van der Waals surface area contributed by atoms with E-state index >= 15 is 0 Å². The smallest absolute Gasteiger partial charge is 0.271 e. The molecule has 4 rings (SSSR count). The summed E-state index contributed by atoms with van der Waals surface area (Å²) in [5, 5.41) is 5.85. The van der Waals surface area contributed by atoms with E-state index < -0.39 is 0 Å². The second kappa shape index (κ2) is 7.58. The van der Waals surface area contributed by atoms with Crippen molar-refractivity contribution in [3.8, 4) is 0 Å². The van der Waals surface area contributed by atoms with Crippen molar-refractivity contribution in [1.29, 1.82) is 0 Å². The number of amides is 1. The van der Waals surface area contributed by atoms with Crippen LogP contribution in [-0.4, -0.2) is 25.2 Å². The number of hydrogen-bond donors (Lipinski definition) is 1. The molecule has 0 radical (unpaired) electrons. The van der Waals surface area contributed by atoms with Crippen LogP contribution in [0.2, 0.25) is 0 Å². The van der Waals surface area contributed by atoms with Gasteiger partial charge in [-0.3, -0.25) is 4.79 Å². The number of hydrogen-bond acceptors (Lipinski definition) is 3. The molecule has 0 aliphatic carbocycles. The lowest BCUT2D eigenvalue weighted by molar-refractivity contribution is 0.0957. The second-order valence-electron chi connectivity index (χ2n) is 6.63. The molecule has 0 atom stereocenters. The first-order valence-electron chi connectivity index (χ1n) is 9.08. The van der Waals surface area contributed by atoms with Gasteiger partial charge in [-0.05, 0) is 47.4 Å². The van der Waals surface area contributed by atoms with Crippen LogP contribution in [0.15, 0.2) is 65.8 Å². The first-order valence-corrected chi connectivity index (χ1v) is 9.08. The topological polar surface area (TPSA) is 44.7 Å². The standard InChI is InChI=1S/C22H20FN3O/c23-20-14-16(10-11-21(20)26-12-3-4-13-26)15-24-25-22(27)19-9-5-7-17-6-1-2-8-18(17)19/h1-2,5-11,14-15H,3-4,12-13H2,(H,25,27)/b24-15-. The minimum absolute atomic E-state index is 0.263. The highest BCUT2D eigenvalue weighted by Crippen LogP contribution is 2.24. The van der Waals surface area contributed by atoms with E-state index in [2.05, 4.69) is 15.4 Å². The van der Waals surface area contributed by atoms with Gasteiger partial charge in [0.1, 0.15) is 5.82 Å². The number of halogens is 1. The molecular weight excluding hydrogens is 341 g/mol. The molecule has 27 heavy (non-hydrogen) atoms. The van der Waals surface area contributed by atoms with Crippen LogP contribution in [0.3, 0.4) is 0 Å². The number of fused-ring (bicyclic) bond motifs is 1. The molecule has 1 aliphatic heterocycles. The summed E-state index contributed by atoms with van der Waals surface area (Å²) in [6.07, 6.45) is 3.66. The summed E-state index contributed by atoms with van der Waals surface area (Å²) >= 11 is 0.